The fraction of sp³-hybridized carbons (Fsp3) is 0.533. The van der Waals surface area contributed by atoms with Gasteiger partial charge >= 0.3 is 0 Å². The van der Waals surface area contributed by atoms with Crippen LogP contribution in [0, 0.1) is 5.92 Å². The quantitative estimate of drug-likeness (QED) is 0.585. The van der Waals surface area contributed by atoms with Gasteiger partial charge in [0.1, 0.15) is 19.0 Å². The molecule has 7 nitrogen and oxygen atoms in total. The first-order valence-corrected chi connectivity index (χ1v) is 9.36. The lowest BCUT2D eigenvalue weighted by Gasteiger charge is -2.29. The number of benzene rings is 1. The predicted octanol–water partition coefficient (Wildman–Crippen LogP) is 0.785. The van der Waals surface area contributed by atoms with Gasteiger partial charge in [-0.1, -0.05) is 18.2 Å². The summed E-state index contributed by atoms with van der Waals surface area (Å²) in [5.74, 6) is 0.316. The van der Waals surface area contributed by atoms with E-state index in [4.69, 9.17) is 9.57 Å². The summed E-state index contributed by atoms with van der Waals surface area (Å²) in [6, 6.07) is 9.34. The van der Waals surface area contributed by atoms with Gasteiger partial charge in [0.15, 0.2) is 0 Å². The largest absolute Gasteiger partial charge is 0.491 e. The van der Waals surface area contributed by atoms with E-state index in [2.05, 4.69) is 5.48 Å². The maximum atomic E-state index is 11.9. The minimum atomic E-state index is -3.17. The monoisotopic (exact) mass is 342 g/mol. The van der Waals surface area contributed by atoms with E-state index in [-0.39, 0.29) is 18.4 Å². The molecule has 0 saturated carbocycles. The summed E-state index contributed by atoms with van der Waals surface area (Å²) >= 11 is 0. The standard InChI is InChI=1S/C15H22N2O5S/c1-23(19,20)17-9-7-13(8-10-17)15(18)16-22-12-11-21-14-5-3-2-4-6-14/h2-6,13H,7-12H2,1H3,(H,16,18). The van der Waals surface area contributed by atoms with Crippen LogP contribution in [0.2, 0.25) is 0 Å². The van der Waals surface area contributed by atoms with Crippen LogP contribution in [-0.2, 0) is 19.7 Å². The molecule has 128 valence electrons. The fourth-order valence-electron chi connectivity index (χ4n) is 2.37. The number of rotatable bonds is 7. The summed E-state index contributed by atoms with van der Waals surface area (Å²) in [4.78, 5) is 17.1. The van der Waals surface area contributed by atoms with Crippen molar-refractivity contribution in [1.29, 1.82) is 0 Å². The first-order valence-electron chi connectivity index (χ1n) is 7.51. The van der Waals surface area contributed by atoms with Crippen LogP contribution in [0.4, 0.5) is 0 Å². The van der Waals surface area contributed by atoms with E-state index in [1.807, 2.05) is 30.3 Å². The van der Waals surface area contributed by atoms with E-state index >= 15 is 0 Å². The molecule has 1 saturated heterocycles. The first kappa shape index (κ1) is 17.7. The molecule has 1 fully saturated rings. The zero-order chi connectivity index (χ0) is 16.7. The van der Waals surface area contributed by atoms with Crippen molar-refractivity contribution >= 4 is 15.9 Å². The Morgan fingerprint density at radius 2 is 1.87 bits per heavy atom. The number of carbonyl (C=O) groups excluding carboxylic acids is 1. The summed E-state index contributed by atoms with van der Waals surface area (Å²) in [5.41, 5.74) is 2.41. The van der Waals surface area contributed by atoms with E-state index in [1.165, 1.54) is 10.6 Å². The van der Waals surface area contributed by atoms with Crippen molar-refractivity contribution in [3.8, 4) is 5.75 Å². The van der Waals surface area contributed by atoms with E-state index in [9.17, 15) is 13.2 Å². The third-order valence-corrected chi connectivity index (χ3v) is 4.97. The van der Waals surface area contributed by atoms with Crippen molar-refractivity contribution in [3.05, 3.63) is 30.3 Å². The highest BCUT2D eigenvalue weighted by molar-refractivity contribution is 7.88. The second-order valence-electron chi connectivity index (χ2n) is 5.41. The van der Waals surface area contributed by atoms with Crippen LogP contribution in [0.1, 0.15) is 12.8 Å². The summed E-state index contributed by atoms with van der Waals surface area (Å²) < 4.78 is 29.7. The maximum absolute atomic E-state index is 11.9. The lowest BCUT2D eigenvalue weighted by Crippen LogP contribution is -2.42. The van der Waals surface area contributed by atoms with Crippen LogP contribution in [0.25, 0.3) is 0 Å². The molecule has 0 aromatic heterocycles. The molecule has 0 bridgehead atoms. The normalized spacial score (nSPS) is 16.9. The van der Waals surface area contributed by atoms with E-state index in [0.29, 0.717) is 32.5 Å². The predicted molar refractivity (Wildman–Crippen MR) is 85.2 cm³/mol. The van der Waals surface area contributed by atoms with Crippen LogP contribution in [0.15, 0.2) is 30.3 Å². The number of sulfonamides is 1. The second-order valence-corrected chi connectivity index (χ2v) is 7.40. The van der Waals surface area contributed by atoms with Crippen LogP contribution >= 0.6 is 0 Å². The Balaban J connectivity index is 1.60. The summed E-state index contributed by atoms with van der Waals surface area (Å²) in [7, 11) is -3.17. The van der Waals surface area contributed by atoms with Crippen molar-refractivity contribution in [1.82, 2.24) is 9.79 Å². The number of amides is 1. The maximum Gasteiger partial charge on any atom is 0.246 e. The molecule has 1 aromatic rings. The Labute approximate surface area is 136 Å². The first-order chi connectivity index (χ1) is 11.0. The van der Waals surface area contributed by atoms with Gasteiger partial charge in [0.25, 0.3) is 0 Å². The summed E-state index contributed by atoms with van der Waals surface area (Å²) in [6.07, 6.45) is 2.19. The Bertz CT molecular complexity index is 598. The summed E-state index contributed by atoms with van der Waals surface area (Å²) in [5, 5.41) is 0. The molecular weight excluding hydrogens is 320 g/mol. The molecule has 1 N–H and O–H groups in total. The highest BCUT2D eigenvalue weighted by Crippen LogP contribution is 2.19. The Hall–Kier alpha value is -1.64. The number of carbonyl (C=O) groups is 1. The van der Waals surface area contributed by atoms with Crippen LogP contribution in [-0.4, -0.2) is 51.2 Å². The van der Waals surface area contributed by atoms with Gasteiger partial charge in [-0.3, -0.25) is 9.63 Å². The Kier molecular flexibility index (Phi) is 6.37. The number of ether oxygens (including phenoxy) is 1. The van der Waals surface area contributed by atoms with Gasteiger partial charge in [-0.05, 0) is 25.0 Å². The number of nitrogens with zero attached hydrogens (tertiary/aromatic N) is 1. The van der Waals surface area contributed by atoms with Gasteiger partial charge in [0.05, 0.1) is 6.26 Å². The van der Waals surface area contributed by atoms with Crippen molar-refractivity contribution in [2.24, 2.45) is 5.92 Å². The van der Waals surface area contributed by atoms with Crippen molar-refractivity contribution in [3.63, 3.8) is 0 Å². The molecule has 0 aliphatic carbocycles. The number of para-hydroxylation sites is 1. The van der Waals surface area contributed by atoms with E-state index < -0.39 is 10.0 Å². The van der Waals surface area contributed by atoms with Gasteiger partial charge in [0, 0.05) is 19.0 Å². The SMILES string of the molecule is CS(=O)(=O)N1CCC(C(=O)NOCCOc2ccccc2)CC1. The number of hydrogen-bond acceptors (Lipinski definition) is 5. The van der Waals surface area contributed by atoms with Crippen LogP contribution in [0.3, 0.4) is 0 Å². The van der Waals surface area contributed by atoms with E-state index in [0.717, 1.165) is 5.75 Å². The zero-order valence-electron chi connectivity index (χ0n) is 13.1. The molecule has 1 aromatic carbocycles. The zero-order valence-corrected chi connectivity index (χ0v) is 13.9. The molecule has 0 atom stereocenters. The average molecular weight is 342 g/mol. The number of nitrogens with one attached hydrogen (secondary N) is 1. The molecule has 1 aliphatic heterocycles. The second kappa shape index (κ2) is 8.28. The summed E-state index contributed by atoms with van der Waals surface area (Å²) in [6.45, 7) is 1.31. The van der Waals surface area contributed by atoms with Crippen molar-refractivity contribution in [2.45, 2.75) is 12.8 Å². The van der Waals surface area contributed by atoms with E-state index in [1.54, 1.807) is 0 Å². The fourth-order valence-corrected chi connectivity index (χ4v) is 3.25. The molecule has 8 heteroatoms. The third-order valence-electron chi connectivity index (χ3n) is 3.66. The highest BCUT2D eigenvalue weighted by atomic mass is 32.2. The topological polar surface area (TPSA) is 84.9 Å². The van der Waals surface area contributed by atoms with Gasteiger partial charge in [-0.2, -0.15) is 0 Å². The molecule has 1 heterocycles. The number of hydroxylamine groups is 1. The van der Waals surface area contributed by atoms with Crippen molar-refractivity contribution < 1.29 is 22.8 Å². The van der Waals surface area contributed by atoms with Gasteiger partial charge in [0.2, 0.25) is 15.9 Å². The molecule has 0 unspecified atom stereocenters. The third kappa shape index (κ3) is 5.81. The van der Waals surface area contributed by atoms with Crippen molar-refractivity contribution in [2.75, 3.05) is 32.6 Å². The Morgan fingerprint density at radius 1 is 1.22 bits per heavy atom. The molecule has 0 radical (unpaired) electrons. The molecule has 1 amide bonds. The van der Waals surface area contributed by atoms with Gasteiger partial charge in [-0.25, -0.2) is 18.2 Å². The average Bonchev–Trinajstić information content (AvgIpc) is 2.54. The minimum absolute atomic E-state index is 0.210. The minimum Gasteiger partial charge on any atom is -0.491 e. The molecule has 2 rings (SSSR count). The number of piperidine rings is 1. The lowest BCUT2D eigenvalue weighted by atomic mass is 9.98. The number of hydrogen-bond donors (Lipinski definition) is 1. The molecule has 0 spiro atoms. The highest BCUT2D eigenvalue weighted by Gasteiger charge is 2.28. The molecule has 23 heavy (non-hydrogen) atoms. The molecular formula is C15H22N2O5S. The lowest BCUT2D eigenvalue weighted by molar-refractivity contribution is -0.139. The Morgan fingerprint density at radius 3 is 2.48 bits per heavy atom. The van der Waals surface area contributed by atoms with Gasteiger partial charge in [-0.15, -0.1) is 0 Å². The smallest absolute Gasteiger partial charge is 0.246 e. The van der Waals surface area contributed by atoms with Crippen LogP contribution < -0.4 is 10.2 Å². The van der Waals surface area contributed by atoms with Gasteiger partial charge < -0.3 is 4.74 Å². The molecule has 1 aliphatic rings. The van der Waals surface area contributed by atoms with Crippen LogP contribution in [0.5, 0.6) is 5.75 Å².